The van der Waals surface area contributed by atoms with Crippen LogP contribution in [-0.4, -0.2) is 5.91 Å². The van der Waals surface area contributed by atoms with Gasteiger partial charge in [0.25, 0.3) is 0 Å². The molecule has 3 nitrogen and oxygen atoms in total. The second kappa shape index (κ2) is 4.19. The van der Waals surface area contributed by atoms with E-state index in [-0.39, 0.29) is 18.3 Å². The molecule has 0 saturated heterocycles. The first-order chi connectivity index (χ1) is 6.16. The SMILES string of the molecule is Cl.Nc1cc2c(cc1Br)CCC(=O)N2. The van der Waals surface area contributed by atoms with Crippen LogP contribution < -0.4 is 11.1 Å². The Morgan fingerprint density at radius 3 is 2.79 bits per heavy atom. The Bertz CT molecular complexity index is 381. The molecular weight excluding hydrogens is 267 g/mol. The standard InChI is InChI=1S/C9H9BrN2O.ClH/c10-6-3-5-1-2-9(13)12-8(5)4-7(6)11;/h3-4H,1-2,11H2,(H,12,13);1H. The number of benzene rings is 1. The fraction of sp³-hybridized carbons (Fsp3) is 0.222. The highest BCUT2D eigenvalue weighted by molar-refractivity contribution is 9.10. The van der Waals surface area contributed by atoms with Crippen LogP contribution in [0.3, 0.4) is 0 Å². The summed E-state index contributed by atoms with van der Waals surface area (Å²) in [5, 5.41) is 2.79. The maximum Gasteiger partial charge on any atom is 0.224 e. The number of nitrogen functional groups attached to an aromatic ring is 1. The van der Waals surface area contributed by atoms with Crippen LogP contribution in [0.2, 0.25) is 0 Å². The van der Waals surface area contributed by atoms with E-state index >= 15 is 0 Å². The van der Waals surface area contributed by atoms with Gasteiger partial charge in [0.2, 0.25) is 5.91 Å². The number of hydrogen-bond donors (Lipinski definition) is 2. The molecule has 0 bridgehead atoms. The predicted molar refractivity (Wildman–Crippen MR) is 62.8 cm³/mol. The lowest BCUT2D eigenvalue weighted by atomic mass is 10.0. The molecule has 5 heteroatoms. The normalized spacial score (nSPS) is 13.9. The molecule has 1 aliphatic heterocycles. The van der Waals surface area contributed by atoms with E-state index in [1.807, 2.05) is 6.07 Å². The van der Waals surface area contributed by atoms with Gasteiger partial charge in [0.1, 0.15) is 0 Å². The molecule has 1 aromatic carbocycles. The van der Waals surface area contributed by atoms with Gasteiger partial charge in [-0.1, -0.05) is 0 Å². The molecular formula is C9H10BrClN2O. The van der Waals surface area contributed by atoms with Crippen molar-refractivity contribution < 1.29 is 4.79 Å². The summed E-state index contributed by atoms with van der Waals surface area (Å²) in [6.45, 7) is 0. The predicted octanol–water partition coefficient (Wildman–Crippen LogP) is 2.34. The first-order valence-electron chi connectivity index (χ1n) is 4.04. The number of halogens is 2. The third-order valence-corrected chi connectivity index (χ3v) is 2.80. The number of hydrogen-bond acceptors (Lipinski definition) is 2. The number of fused-ring (bicyclic) bond motifs is 1. The van der Waals surface area contributed by atoms with Crippen LogP contribution in [0.15, 0.2) is 16.6 Å². The molecule has 1 aromatic rings. The van der Waals surface area contributed by atoms with E-state index in [0.717, 1.165) is 22.1 Å². The molecule has 3 N–H and O–H groups in total. The molecule has 0 atom stereocenters. The second-order valence-corrected chi connectivity index (χ2v) is 3.93. The van der Waals surface area contributed by atoms with E-state index in [9.17, 15) is 4.79 Å². The molecule has 0 aliphatic carbocycles. The maximum atomic E-state index is 11.1. The van der Waals surface area contributed by atoms with Crippen molar-refractivity contribution in [1.29, 1.82) is 0 Å². The van der Waals surface area contributed by atoms with Crippen LogP contribution >= 0.6 is 28.3 Å². The van der Waals surface area contributed by atoms with Crippen LogP contribution in [0.5, 0.6) is 0 Å². The number of rotatable bonds is 0. The average molecular weight is 278 g/mol. The van der Waals surface area contributed by atoms with Crippen molar-refractivity contribution in [3.63, 3.8) is 0 Å². The number of anilines is 2. The van der Waals surface area contributed by atoms with E-state index in [1.165, 1.54) is 0 Å². The number of aryl methyl sites for hydroxylation is 1. The third-order valence-electron chi connectivity index (χ3n) is 2.12. The summed E-state index contributed by atoms with van der Waals surface area (Å²) in [4.78, 5) is 11.1. The van der Waals surface area contributed by atoms with Crippen molar-refractivity contribution in [2.45, 2.75) is 12.8 Å². The van der Waals surface area contributed by atoms with Gasteiger partial charge in [-0.15, -0.1) is 12.4 Å². The summed E-state index contributed by atoms with van der Waals surface area (Å²) in [5.41, 5.74) is 8.33. The lowest BCUT2D eigenvalue weighted by Crippen LogP contribution is -2.19. The van der Waals surface area contributed by atoms with Crippen molar-refractivity contribution in [1.82, 2.24) is 0 Å². The zero-order chi connectivity index (χ0) is 9.42. The van der Waals surface area contributed by atoms with Crippen LogP contribution in [-0.2, 0) is 11.2 Å². The summed E-state index contributed by atoms with van der Waals surface area (Å²) < 4.78 is 0.891. The van der Waals surface area contributed by atoms with Gasteiger partial charge in [0, 0.05) is 22.3 Å². The summed E-state index contributed by atoms with van der Waals surface area (Å²) in [6, 6.07) is 3.75. The van der Waals surface area contributed by atoms with Gasteiger partial charge in [-0.25, -0.2) is 0 Å². The molecule has 0 spiro atoms. The Hall–Kier alpha value is -0.740. The molecule has 1 amide bonds. The fourth-order valence-electron chi connectivity index (χ4n) is 1.42. The number of amides is 1. The van der Waals surface area contributed by atoms with E-state index in [0.29, 0.717) is 12.1 Å². The molecule has 0 saturated carbocycles. The summed E-state index contributed by atoms with van der Waals surface area (Å²) in [7, 11) is 0. The van der Waals surface area contributed by atoms with Gasteiger partial charge in [-0.2, -0.15) is 0 Å². The first-order valence-corrected chi connectivity index (χ1v) is 4.84. The molecule has 0 unspecified atom stereocenters. The van der Waals surface area contributed by atoms with Crippen molar-refractivity contribution in [3.8, 4) is 0 Å². The Kier molecular flexibility index (Phi) is 3.39. The molecule has 1 heterocycles. The Morgan fingerprint density at radius 1 is 1.36 bits per heavy atom. The first kappa shape index (κ1) is 11.3. The van der Waals surface area contributed by atoms with Crippen molar-refractivity contribution in [2.24, 2.45) is 0 Å². The van der Waals surface area contributed by atoms with E-state index in [1.54, 1.807) is 6.07 Å². The minimum absolute atomic E-state index is 0. The van der Waals surface area contributed by atoms with Crippen LogP contribution in [0, 0.1) is 0 Å². The quantitative estimate of drug-likeness (QED) is 0.715. The summed E-state index contributed by atoms with van der Waals surface area (Å²) >= 11 is 3.35. The van der Waals surface area contributed by atoms with E-state index < -0.39 is 0 Å². The monoisotopic (exact) mass is 276 g/mol. The van der Waals surface area contributed by atoms with Crippen LogP contribution in [0.25, 0.3) is 0 Å². The average Bonchev–Trinajstić information content (AvgIpc) is 2.08. The number of nitrogens with two attached hydrogens (primary N) is 1. The van der Waals surface area contributed by atoms with E-state index in [4.69, 9.17) is 5.73 Å². The van der Waals surface area contributed by atoms with Gasteiger partial charge < -0.3 is 11.1 Å². The zero-order valence-corrected chi connectivity index (χ0v) is 9.74. The lowest BCUT2D eigenvalue weighted by Gasteiger charge is -2.17. The van der Waals surface area contributed by atoms with Gasteiger partial charge in [-0.05, 0) is 40.0 Å². The van der Waals surface area contributed by atoms with Crippen molar-refractivity contribution in [2.75, 3.05) is 11.1 Å². The van der Waals surface area contributed by atoms with Crippen LogP contribution in [0.4, 0.5) is 11.4 Å². The highest BCUT2D eigenvalue weighted by Crippen LogP contribution is 2.30. The Morgan fingerprint density at radius 2 is 2.07 bits per heavy atom. The molecule has 1 aliphatic rings. The zero-order valence-electron chi connectivity index (χ0n) is 7.34. The van der Waals surface area contributed by atoms with Gasteiger partial charge in [0.05, 0.1) is 0 Å². The molecule has 0 fully saturated rings. The molecule has 0 aromatic heterocycles. The van der Waals surface area contributed by atoms with Crippen molar-refractivity contribution in [3.05, 3.63) is 22.2 Å². The highest BCUT2D eigenvalue weighted by Gasteiger charge is 2.15. The number of carbonyl (C=O) groups excluding carboxylic acids is 1. The Balaban J connectivity index is 0.000000980. The smallest absolute Gasteiger partial charge is 0.224 e. The Labute approximate surface area is 96.6 Å². The van der Waals surface area contributed by atoms with Gasteiger partial charge >= 0.3 is 0 Å². The topological polar surface area (TPSA) is 55.1 Å². The van der Waals surface area contributed by atoms with Crippen molar-refractivity contribution >= 4 is 45.6 Å². The second-order valence-electron chi connectivity index (χ2n) is 3.08. The van der Waals surface area contributed by atoms with Gasteiger partial charge in [0.15, 0.2) is 0 Å². The minimum atomic E-state index is 0. The number of nitrogens with one attached hydrogen (secondary N) is 1. The minimum Gasteiger partial charge on any atom is -0.398 e. The van der Waals surface area contributed by atoms with Crippen LogP contribution in [0.1, 0.15) is 12.0 Å². The van der Waals surface area contributed by atoms with E-state index in [2.05, 4.69) is 21.2 Å². The van der Waals surface area contributed by atoms with Gasteiger partial charge in [-0.3, -0.25) is 4.79 Å². The number of carbonyl (C=O) groups is 1. The molecule has 14 heavy (non-hydrogen) atoms. The molecule has 2 rings (SSSR count). The third kappa shape index (κ3) is 2.01. The fourth-order valence-corrected chi connectivity index (χ4v) is 1.81. The summed E-state index contributed by atoms with van der Waals surface area (Å²) in [6.07, 6.45) is 1.35. The molecule has 76 valence electrons. The largest absolute Gasteiger partial charge is 0.398 e. The molecule has 0 radical (unpaired) electrons. The maximum absolute atomic E-state index is 11.1. The lowest BCUT2D eigenvalue weighted by molar-refractivity contribution is -0.116. The highest BCUT2D eigenvalue weighted by atomic mass is 79.9. The summed E-state index contributed by atoms with van der Waals surface area (Å²) in [5.74, 6) is 0.0641.